The van der Waals surface area contributed by atoms with Crippen molar-refractivity contribution in [2.45, 2.75) is 24.9 Å². The fourth-order valence-corrected chi connectivity index (χ4v) is 2.55. The average Bonchev–Trinajstić information content (AvgIpc) is 2.39. The van der Waals surface area contributed by atoms with Crippen molar-refractivity contribution in [3.63, 3.8) is 0 Å². The van der Waals surface area contributed by atoms with Crippen LogP contribution in [0.1, 0.15) is 12.8 Å². The zero-order valence-corrected chi connectivity index (χ0v) is 10.8. The van der Waals surface area contributed by atoms with E-state index in [1.807, 2.05) is 4.90 Å². The van der Waals surface area contributed by atoms with Gasteiger partial charge >= 0.3 is 0 Å². The molecular weight excluding hydrogens is 218 g/mol. The minimum absolute atomic E-state index is 0.125. The molecule has 1 N–H and O–H groups in total. The largest absolute Gasteiger partial charge is 0.378 e. The molecule has 0 radical (unpaired) electrons. The molecule has 0 aromatic heterocycles. The number of ether oxygens (including phenoxy) is 1. The summed E-state index contributed by atoms with van der Waals surface area (Å²) in [5, 5.41) is 3.22. The number of piperidine rings is 1. The lowest BCUT2D eigenvalue weighted by atomic mass is 10.0. The van der Waals surface area contributed by atoms with Crippen LogP contribution in [-0.2, 0) is 9.53 Å². The molecule has 5 heteroatoms. The maximum atomic E-state index is 12.2. The van der Waals surface area contributed by atoms with Crippen LogP contribution in [0.2, 0.25) is 0 Å². The van der Waals surface area contributed by atoms with Gasteiger partial charge in [0.15, 0.2) is 0 Å². The van der Waals surface area contributed by atoms with Crippen LogP contribution in [0.15, 0.2) is 0 Å². The van der Waals surface area contributed by atoms with E-state index in [0.717, 1.165) is 32.5 Å². The van der Waals surface area contributed by atoms with Gasteiger partial charge in [-0.25, -0.2) is 0 Å². The fourth-order valence-electron chi connectivity index (χ4n) is 2.55. The number of hydrogen-bond acceptors (Lipinski definition) is 4. The van der Waals surface area contributed by atoms with Crippen LogP contribution >= 0.6 is 0 Å². The molecular formula is C12H23N3O2. The maximum Gasteiger partial charge on any atom is 0.242 e. The smallest absolute Gasteiger partial charge is 0.242 e. The van der Waals surface area contributed by atoms with Gasteiger partial charge in [0.25, 0.3) is 0 Å². The van der Waals surface area contributed by atoms with E-state index in [-0.39, 0.29) is 11.9 Å². The molecule has 0 spiro atoms. The number of amides is 1. The first-order valence-electron chi connectivity index (χ1n) is 6.45. The Morgan fingerprint density at radius 3 is 2.59 bits per heavy atom. The molecule has 0 aromatic carbocycles. The average molecular weight is 241 g/mol. The standard InChI is InChI=1S/C12H23N3O2/c1-14(2)10-3-6-15(7-4-10)12(16)11-9-17-8-5-13-11/h10-11,13H,3-9H2,1-2H3. The van der Waals surface area contributed by atoms with Crippen LogP contribution in [0.5, 0.6) is 0 Å². The summed E-state index contributed by atoms with van der Waals surface area (Å²) in [7, 11) is 4.22. The summed E-state index contributed by atoms with van der Waals surface area (Å²) in [5.41, 5.74) is 0. The number of rotatable bonds is 2. The van der Waals surface area contributed by atoms with Gasteiger partial charge in [-0.1, -0.05) is 0 Å². The molecule has 2 aliphatic rings. The van der Waals surface area contributed by atoms with Crippen molar-refractivity contribution in [1.82, 2.24) is 15.1 Å². The molecule has 98 valence electrons. The van der Waals surface area contributed by atoms with Gasteiger partial charge in [-0.15, -0.1) is 0 Å². The van der Waals surface area contributed by atoms with Crippen LogP contribution in [0.25, 0.3) is 0 Å². The third-order valence-electron chi connectivity index (χ3n) is 3.73. The zero-order chi connectivity index (χ0) is 12.3. The van der Waals surface area contributed by atoms with Crippen LogP contribution in [0.4, 0.5) is 0 Å². The minimum atomic E-state index is -0.125. The van der Waals surface area contributed by atoms with E-state index in [1.54, 1.807) is 0 Å². The number of carbonyl (C=O) groups is 1. The Labute approximate surface area is 103 Å². The van der Waals surface area contributed by atoms with E-state index in [2.05, 4.69) is 24.3 Å². The second kappa shape index (κ2) is 5.80. The maximum absolute atomic E-state index is 12.2. The highest BCUT2D eigenvalue weighted by Crippen LogP contribution is 2.15. The number of likely N-dealkylation sites (tertiary alicyclic amines) is 1. The summed E-state index contributed by atoms with van der Waals surface area (Å²) >= 11 is 0. The SMILES string of the molecule is CN(C)C1CCN(C(=O)C2COCCN2)CC1. The Kier molecular flexibility index (Phi) is 4.36. The molecule has 0 aliphatic carbocycles. The topological polar surface area (TPSA) is 44.8 Å². The van der Waals surface area contributed by atoms with E-state index in [9.17, 15) is 4.79 Å². The third-order valence-corrected chi connectivity index (χ3v) is 3.73. The Hall–Kier alpha value is -0.650. The van der Waals surface area contributed by atoms with Gasteiger partial charge in [0, 0.05) is 25.7 Å². The predicted molar refractivity (Wildman–Crippen MR) is 65.9 cm³/mol. The lowest BCUT2D eigenvalue weighted by Crippen LogP contribution is -2.55. The highest BCUT2D eigenvalue weighted by Gasteiger charge is 2.29. The van der Waals surface area contributed by atoms with Gasteiger partial charge in [-0.3, -0.25) is 4.79 Å². The van der Waals surface area contributed by atoms with E-state index < -0.39 is 0 Å². The summed E-state index contributed by atoms with van der Waals surface area (Å²) < 4.78 is 5.34. The van der Waals surface area contributed by atoms with Crippen molar-refractivity contribution < 1.29 is 9.53 Å². The van der Waals surface area contributed by atoms with Crippen LogP contribution < -0.4 is 5.32 Å². The van der Waals surface area contributed by atoms with Crippen LogP contribution in [0, 0.1) is 0 Å². The second-order valence-electron chi connectivity index (χ2n) is 5.10. The molecule has 1 unspecified atom stereocenters. The third kappa shape index (κ3) is 3.18. The molecule has 1 atom stereocenters. The Morgan fingerprint density at radius 2 is 2.06 bits per heavy atom. The van der Waals surface area contributed by atoms with Gasteiger partial charge in [0.2, 0.25) is 5.91 Å². The quantitative estimate of drug-likeness (QED) is 0.710. The number of nitrogens with one attached hydrogen (secondary N) is 1. The molecule has 2 rings (SSSR count). The highest BCUT2D eigenvalue weighted by molar-refractivity contribution is 5.82. The van der Waals surface area contributed by atoms with Crippen molar-refractivity contribution in [2.75, 3.05) is 46.9 Å². The molecule has 2 aliphatic heterocycles. The monoisotopic (exact) mass is 241 g/mol. The summed E-state index contributed by atoms with van der Waals surface area (Å²) in [4.78, 5) is 16.4. The Morgan fingerprint density at radius 1 is 1.35 bits per heavy atom. The second-order valence-corrected chi connectivity index (χ2v) is 5.10. The van der Waals surface area contributed by atoms with E-state index in [4.69, 9.17) is 4.74 Å². The zero-order valence-electron chi connectivity index (χ0n) is 10.8. The van der Waals surface area contributed by atoms with Gasteiger partial charge in [0.1, 0.15) is 6.04 Å². The first-order chi connectivity index (χ1) is 8.18. The minimum Gasteiger partial charge on any atom is -0.378 e. The molecule has 0 aromatic rings. The first-order valence-corrected chi connectivity index (χ1v) is 6.45. The molecule has 2 heterocycles. The summed E-state index contributed by atoms with van der Waals surface area (Å²) in [5.74, 6) is 0.210. The van der Waals surface area contributed by atoms with Crippen molar-refractivity contribution in [1.29, 1.82) is 0 Å². The fraction of sp³-hybridized carbons (Fsp3) is 0.917. The number of morpholine rings is 1. The summed E-state index contributed by atoms with van der Waals surface area (Å²) in [6.45, 7) is 3.77. The van der Waals surface area contributed by atoms with E-state index in [1.165, 1.54) is 0 Å². The van der Waals surface area contributed by atoms with Gasteiger partial charge in [-0.2, -0.15) is 0 Å². The number of hydrogen-bond donors (Lipinski definition) is 1. The summed E-state index contributed by atoms with van der Waals surface area (Å²) in [6, 6.07) is 0.495. The molecule has 1 amide bonds. The van der Waals surface area contributed by atoms with Crippen molar-refractivity contribution in [2.24, 2.45) is 0 Å². The lowest BCUT2D eigenvalue weighted by molar-refractivity contribution is -0.137. The van der Waals surface area contributed by atoms with Crippen molar-refractivity contribution in [3.05, 3.63) is 0 Å². The van der Waals surface area contributed by atoms with E-state index >= 15 is 0 Å². The molecule has 5 nitrogen and oxygen atoms in total. The van der Waals surface area contributed by atoms with E-state index in [0.29, 0.717) is 19.3 Å². The lowest BCUT2D eigenvalue weighted by Gasteiger charge is -2.37. The normalized spacial score (nSPS) is 27.5. The first kappa shape index (κ1) is 12.8. The van der Waals surface area contributed by atoms with Crippen molar-refractivity contribution in [3.8, 4) is 0 Å². The molecule has 0 bridgehead atoms. The summed E-state index contributed by atoms with van der Waals surface area (Å²) in [6.07, 6.45) is 2.15. The predicted octanol–water partition coefficient (Wildman–Crippen LogP) is -0.473. The molecule has 0 saturated carbocycles. The number of nitrogens with zero attached hydrogens (tertiary/aromatic N) is 2. The van der Waals surface area contributed by atoms with Gasteiger partial charge in [0.05, 0.1) is 13.2 Å². The molecule has 17 heavy (non-hydrogen) atoms. The number of carbonyl (C=O) groups excluding carboxylic acids is 1. The van der Waals surface area contributed by atoms with Crippen LogP contribution in [-0.4, -0.2) is 74.7 Å². The molecule has 2 fully saturated rings. The van der Waals surface area contributed by atoms with Gasteiger partial charge in [-0.05, 0) is 26.9 Å². The molecule has 2 saturated heterocycles. The Bertz CT molecular complexity index is 256. The highest BCUT2D eigenvalue weighted by atomic mass is 16.5. The Balaban J connectivity index is 1.81. The van der Waals surface area contributed by atoms with Crippen LogP contribution in [0.3, 0.4) is 0 Å². The van der Waals surface area contributed by atoms with Crippen molar-refractivity contribution >= 4 is 5.91 Å². The van der Waals surface area contributed by atoms with Gasteiger partial charge < -0.3 is 19.9 Å².